The lowest BCUT2D eigenvalue weighted by molar-refractivity contribution is 0.202. The molecule has 0 radical (unpaired) electrons. The normalized spacial score (nSPS) is 11.6. The summed E-state index contributed by atoms with van der Waals surface area (Å²) in [6, 6.07) is 1.99. The lowest BCUT2D eigenvalue weighted by Gasteiger charge is -2.31. The molecule has 1 aromatic heterocycles. The van der Waals surface area contributed by atoms with Crippen LogP contribution in [0.4, 0.5) is 5.82 Å². The molecule has 2 N–H and O–H groups in total. The van der Waals surface area contributed by atoms with Crippen LogP contribution in [0.15, 0.2) is 16.7 Å². The van der Waals surface area contributed by atoms with E-state index in [9.17, 15) is 5.11 Å². The number of aromatic nitrogens is 1. The van der Waals surface area contributed by atoms with Crippen molar-refractivity contribution < 1.29 is 5.11 Å². The second kappa shape index (κ2) is 5.64. The van der Waals surface area contributed by atoms with Crippen LogP contribution in [0.5, 0.6) is 0 Å². The van der Waals surface area contributed by atoms with Crippen molar-refractivity contribution in [3.05, 3.63) is 22.3 Å². The van der Waals surface area contributed by atoms with Crippen molar-refractivity contribution in [2.24, 2.45) is 0 Å². The third-order valence-corrected chi connectivity index (χ3v) is 3.93. The van der Waals surface area contributed by atoms with Gasteiger partial charge in [0, 0.05) is 10.7 Å². The van der Waals surface area contributed by atoms with Crippen LogP contribution in [-0.2, 0) is 0 Å². The molecule has 3 nitrogen and oxygen atoms in total. The molecule has 0 unspecified atom stereocenters. The third-order valence-electron chi connectivity index (χ3n) is 3.10. The van der Waals surface area contributed by atoms with Gasteiger partial charge in [0.15, 0.2) is 0 Å². The second-order valence-corrected chi connectivity index (χ2v) is 4.94. The fourth-order valence-corrected chi connectivity index (χ4v) is 1.79. The molecular formula is C12H19BrN2O. The molecule has 0 amide bonds. The van der Waals surface area contributed by atoms with Crippen LogP contribution in [-0.4, -0.2) is 22.2 Å². The highest BCUT2D eigenvalue weighted by atomic mass is 79.9. The van der Waals surface area contributed by atoms with Gasteiger partial charge >= 0.3 is 0 Å². The maximum Gasteiger partial charge on any atom is 0.126 e. The summed E-state index contributed by atoms with van der Waals surface area (Å²) in [5, 5.41) is 12.8. The molecular weight excluding hydrogens is 268 g/mol. The monoisotopic (exact) mass is 286 g/mol. The second-order valence-electron chi connectivity index (χ2n) is 4.09. The Morgan fingerprint density at radius 3 is 2.50 bits per heavy atom. The summed E-state index contributed by atoms with van der Waals surface area (Å²) < 4.78 is 1.00. The summed E-state index contributed by atoms with van der Waals surface area (Å²) in [4.78, 5) is 4.30. The van der Waals surface area contributed by atoms with Gasteiger partial charge in [-0.05, 0) is 47.3 Å². The first kappa shape index (κ1) is 13.5. The van der Waals surface area contributed by atoms with Crippen LogP contribution in [0.1, 0.15) is 32.3 Å². The van der Waals surface area contributed by atoms with Gasteiger partial charge in [-0.3, -0.25) is 0 Å². The third kappa shape index (κ3) is 2.95. The Bertz CT molecular complexity index is 343. The minimum absolute atomic E-state index is 0.122. The minimum Gasteiger partial charge on any atom is -0.394 e. The number of aliphatic hydroxyl groups is 1. The highest BCUT2D eigenvalue weighted by Crippen LogP contribution is 2.23. The number of pyridine rings is 1. The molecule has 0 bridgehead atoms. The smallest absolute Gasteiger partial charge is 0.126 e. The van der Waals surface area contributed by atoms with E-state index in [-0.39, 0.29) is 12.1 Å². The van der Waals surface area contributed by atoms with Gasteiger partial charge in [0.1, 0.15) is 5.82 Å². The molecule has 1 heterocycles. The van der Waals surface area contributed by atoms with E-state index in [0.29, 0.717) is 0 Å². The number of halogens is 1. The molecule has 0 fully saturated rings. The Kier molecular flexibility index (Phi) is 4.74. The molecule has 0 atom stereocenters. The van der Waals surface area contributed by atoms with Crippen molar-refractivity contribution in [2.45, 2.75) is 39.2 Å². The Morgan fingerprint density at radius 1 is 1.44 bits per heavy atom. The molecule has 0 aliphatic carbocycles. The predicted molar refractivity (Wildman–Crippen MR) is 70.7 cm³/mol. The number of hydrogen-bond acceptors (Lipinski definition) is 3. The molecule has 0 saturated heterocycles. The maximum atomic E-state index is 9.46. The molecule has 4 heteroatoms. The Balaban J connectivity index is 2.89. The zero-order chi connectivity index (χ0) is 12.2. The van der Waals surface area contributed by atoms with Gasteiger partial charge in [0.05, 0.1) is 12.1 Å². The van der Waals surface area contributed by atoms with Crippen molar-refractivity contribution in [2.75, 3.05) is 11.9 Å². The molecule has 1 rings (SSSR count). The highest BCUT2D eigenvalue weighted by Gasteiger charge is 2.25. The van der Waals surface area contributed by atoms with E-state index in [1.54, 1.807) is 6.20 Å². The van der Waals surface area contributed by atoms with E-state index in [0.717, 1.165) is 28.7 Å². The average Bonchev–Trinajstić information content (AvgIpc) is 2.31. The van der Waals surface area contributed by atoms with Crippen LogP contribution >= 0.6 is 15.9 Å². The van der Waals surface area contributed by atoms with Crippen LogP contribution in [0.3, 0.4) is 0 Å². The molecule has 0 aromatic carbocycles. The van der Waals surface area contributed by atoms with Gasteiger partial charge in [-0.1, -0.05) is 13.8 Å². The number of nitrogens with one attached hydrogen (secondary N) is 1. The van der Waals surface area contributed by atoms with E-state index in [1.807, 2.05) is 13.0 Å². The standard InChI is InChI=1S/C12H19BrN2O/c1-4-12(5-2,8-16)15-11-6-9(3)10(13)7-14-11/h6-7,16H,4-5,8H2,1-3H3,(H,14,15). The molecule has 16 heavy (non-hydrogen) atoms. The summed E-state index contributed by atoms with van der Waals surface area (Å²) >= 11 is 3.42. The Morgan fingerprint density at radius 2 is 2.06 bits per heavy atom. The molecule has 0 aliphatic rings. The predicted octanol–water partition coefficient (Wildman–Crippen LogP) is 3.12. The van der Waals surface area contributed by atoms with Gasteiger partial charge in [0.25, 0.3) is 0 Å². The summed E-state index contributed by atoms with van der Waals surface area (Å²) in [5.41, 5.74) is 0.879. The number of rotatable bonds is 5. The van der Waals surface area contributed by atoms with Crippen molar-refractivity contribution in [3.63, 3.8) is 0 Å². The maximum absolute atomic E-state index is 9.46. The molecule has 90 valence electrons. The summed E-state index contributed by atoms with van der Waals surface area (Å²) in [6.07, 6.45) is 3.53. The van der Waals surface area contributed by atoms with E-state index in [1.165, 1.54) is 0 Å². The van der Waals surface area contributed by atoms with Gasteiger partial charge in [-0.25, -0.2) is 4.98 Å². The van der Waals surface area contributed by atoms with Crippen molar-refractivity contribution in [3.8, 4) is 0 Å². The fraction of sp³-hybridized carbons (Fsp3) is 0.583. The first-order valence-electron chi connectivity index (χ1n) is 5.58. The average molecular weight is 287 g/mol. The number of hydrogen-bond donors (Lipinski definition) is 2. The first-order chi connectivity index (χ1) is 7.56. The van der Waals surface area contributed by atoms with Gasteiger partial charge < -0.3 is 10.4 Å². The van der Waals surface area contributed by atoms with E-state index >= 15 is 0 Å². The molecule has 0 aliphatic heterocycles. The van der Waals surface area contributed by atoms with Gasteiger partial charge in [0.2, 0.25) is 0 Å². The Labute approximate surface area is 105 Å². The largest absolute Gasteiger partial charge is 0.394 e. The SMILES string of the molecule is CCC(CC)(CO)Nc1cc(C)c(Br)cn1. The van der Waals surface area contributed by atoms with Crippen LogP contribution < -0.4 is 5.32 Å². The zero-order valence-corrected chi connectivity index (χ0v) is 11.6. The van der Waals surface area contributed by atoms with Crippen LogP contribution in [0.25, 0.3) is 0 Å². The number of aliphatic hydroxyl groups excluding tert-OH is 1. The van der Waals surface area contributed by atoms with Crippen molar-refractivity contribution in [1.82, 2.24) is 4.98 Å². The lowest BCUT2D eigenvalue weighted by Crippen LogP contribution is -2.41. The Hall–Kier alpha value is -0.610. The lowest BCUT2D eigenvalue weighted by atomic mass is 9.94. The van der Waals surface area contributed by atoms with Crippen molar-refractivity contribution in [1.29, 1.82) is 0 Å². The van der Waals surface area contributed by atoms with E-state index in [2.05, 4.69) is 40.1 Å². The number of aryl methyl sites for hydroxylation is 1. The van der Waals surface area contributed by atoms with Gasteiger partial charge in [-0.2, -0.15) is 0 Å². The summed E-state index contributed by atoms with van der Waals surface area (Å²) in [5.74, 6) is 0.818. The topological polar surface area (TPSA) is 45.1 Å². The first-order valence-corrected chi connectivity index (χ1v) is 6.37. The highest BCUT2D eigenvalue weighted by molar-refractivity contribution is 9.10. The summed E-state index contributed by atoms with van der Waals surface area (Å²) in [7, 11) is 0. The van der Waals surface area contributed by atoms with Crippen LogP contribution in [0, 0.1) is 6.92 Å². The quantitative estimate of drug-likeness (QED) is 0.874. The van der Waals surface area contributed by atoms with Gasteiger partial charge in [-0.15, -0.1) is 0 Å². The number of nitrogens with zero attached hydrogens (tertiary/aromatic N) is 1. The molecule has 0 saturated carbocycles. The molecule has 0 spiro atoms. The summed E-state index contributed by atoms with van der Waals surface area (Å²) in [6.45, 7) is 6.28. The van der Waals surface area contributed by atoms with Crippen LogP contribution in [0.2, 0.25) is 0 Å². The number of anilines is 1. The van der Waals surface area contributed by atoms with Crippen molar-refractivity contribution >= 4 is 21.7 Å². The van der Waals surface area contributed by atoms with E-state index in [4.69, 9.17) is 0 Å². The minimum atomic E-state index is -0.257. The zero-order valence-electron chi connectivity index (χ0n) is 10.0. The molecule has 1 aromatic rings. The van der Waals surface area contributed by atoms with E-state index < -0.39 is 0 Å². The fourth-order valence-electron chi connectivity index (χ4n) is 1.57.